The molecule has 70 valence electrons. The van der Waals surface area contributed by atoms with Crippen LogP contribution in [0.1, 0.15) is 13.8 Å². The quantitative estimate of drug-likeness (QED) is 0.651. The van der Waals surface area contributed by atoms with E-state index < -0.39 is 0 Å². The number of nitrogens with one attached hydrogen (secondary N) is 2. The van der Waals surface area contributed by atoms with Crippen LogP contribution in [0.25, 0.3) is 0 Å². The van der Waals surface area contributed by atoms with Crippen molar-refractivity contribution in [1.82, 2.24) is 10.6 Å². The minimum atomic E-state index is 0.0196. The summed E-state index contributed by atoms with van der Waals surface area (Å²) in [6.07, 6.45) is 0. The molecule has 2 N–H and O–H groups in total. The summed E-state index contributed by atoms with van der Waals surface area (Å²) >= 11 is 1.84. The van der Waals surface area contributed by atoms with Crippen LogP contribution >= 0.6 is 11.8 Å². The van der Waals surface area contributed by atoms with Gasteiger partial charge in [0.2, 0.25) is 5.91 Å². The molecule has 1 rings (SSSR count). The molecule has 0 bridgehead atoms. The van der Waals surface area contributed by atoms with Crippen LogP contribution in [-0.4, -0.2) is 36.0 Å². The molecule has 1 atom stereocenters. The van der Waals surface area contributed by atoms with Crippen LogP contribution in [0, 0.1) is 0 Å². The fourth-order valence-corrected chi connectivity index (χ4v) is 2.05. The van der Waals surface area contributed by atoms with Crippen molar-refractivity contribution in [2.45, 2.75) is 25.9 Å². The third-order valence-corrected chi connectivity index (χ3v) is 2.73. The molecule has 1 heterocycles. The normalized spacial score (nSPS) is 24.1. The maximum absolute atomic E-state index is 11.4. The van der Waals surface area contributed by atoms with Crippen molar-refractivity contribution in [3.63, 3.8) is 0 Å². The van der Waals surface area contributed by atoms with Crippen molar-refractivity contribution in [2.24, 2.45) is 0 Å². The van der Waals surface area contributed by atoms with Crippen LogP contribution in [0.5, 0.6) is 0 Å². The average molecular weight is 188 g/mol. The zero-order valence-corrected chi connectivity index (χ0v) is 8.41. The number of hydrogen-bond donors (Lipinski definition) is 2. The van der Waals surface area contributed by atoms with Gasteiger partial charge in [0, 0.05) is 24.1 Å². The minimum Gasteiger partial charge on any atom is -0.353 e. The summed E-state index contributed by atoms with van der Waals surface area (Å²) in [6.45, 7) is 4.91. The first-order valence-electron chi connectivity index (χ1n) is 4.31. The summed E-state index contributed by atoms with van der Waals surface area (Å²) in [5.41, 5.74) is 0. The Balaban J connectivity index is 2.30. The van der Waals surface area contributed by atoms with Crippen molar-refractivity contribution < 1.29 is 4.79 Å². The highest BCUT2D eigenvalue weighted by Gasteiger charge is 2.20. The molecule has 3 nitrogen and oxygen atoms in total. The topological polar surface area (TPSA) is 41.1 Å². The Morgan fingerprint density at radius 1 is 1.67 bits per heavy atom. The van der Waals surface area contributed by atoms with Gasteiger partial charge in [-0.2, -0.15) is 11.8 Å². The van der Waals surface area contributed by atoms with Gasteiger partial charge in [-0.15, -0.1) is 0 Å². The van der Waals surface area contributed by atoms with E-state index in [0.29, 0.717) is 0 Å². The summed E-state index contributed by atoms with van der Waals surface area (Å²) in [5, 5.41) is 6.09. The second-order valence-electron chi connectivity index (χ2n) is 3.24. The van der Waals surface area contributed by atoms with Crippen molar-refractivity contribution >= 4 is 17.7 Å². The summed E-state index contributed by atoms with van der Waals surface area (Å²) in [6, 6.07) is 0.261. The molecule has 4 heteroatoms. The van der Waals surface area contributed by atoms with Crippen LogP contribution in [0.15, 0.2) is 0 Å². The van der Waals surface area contributed by atoms with Gasteiger partial charge >= 0.3 is 0 Å². The molecule has 0 aromatic carbocycles. The van der Waals surface area contributed by atoms with Crippen molar-refractivity contribution in [2.75, 3.05) is 18.1 Å². The summed E-state index contributed by atoms with van der Waals surface area (Å²) < 4.78 is 0. The Bertz CT molecular complexity index is 155. The molecule has 0 aromatic heterocycles. The molecule has 1 unspecified atom stereocenters. The van der Waals surface area contributed by atoms with Crippen LogP contribution in [0.4, 0.5) is 0 Å². The first-order chi connectivity index (χ1) is 5.70. The van der Waals surface area contributed by atoms with E-state index in [1.807, 2.05) is 25.6 Å². The molecular weight excluding hydrogens is 172 g/mol. The molecule has 0 saturated carbocycles. The highest BCUT2D eigenvalue weighted by atomic mass is 32.2. The lowest BCUT2D eigenvalue weighted by atomic mass is 10.3. The molecule has 0 radical (unpaired) electrons. The molecule has 0 aliphatic carbocycles. The fourth-order valence-electron chi connectivity index (χ4n) is 1.12. The number of thioether (sulfide) groups is 1. The Hall–Kier alpha value is -0.220. The molecule has 0 aromatic rings. The summed E-state index contributed by atoms with van der Waals surface area (Å²) in [7, 11) is 0. The molecule has 0 spiro atoms. The predicted molar refractivity (Wildman–Crippen MR) is 52.4 cm³/mol. The lowest BCUT2D eigenvalue weighted by Gasteiger charge is -2.23. The lowest BCUT2D eigenvalue weighted by Crippen LogP contribution is -2.50. The van der Waals surface area contributed by atoms with Crippen LogP contribution < -0.4 is 10.6 Å². The van der Waals surface area contributed by atoms with Gasteiger partial charge in [-0.05, 0) is 13.8 Å². The van der Waals surface area contributed by atoms with Gasteiger partial charge in [0.05, 0.1) is 6.04 Å². The number of carbonyl (C=O) groups excluding carboxylic acids is 1. The van der Waals surface area contributed by atoms with Crippen molar-refractivity contribution in [3.8, 4) is 0 Å². The van der Waals surface area contributed by atoms with E-state index in [-0.39, 0.29) is 18.0 Å². The number of carbonyl (C=O) groups is 1. The van der Waals surface area contributed by atoms with Crippen molar-refractivity contribution in [3.05, 3.63) is 0 Å². The van der Waals surface area contributed by atoms with Gasteiger partial charge in [0.15, 0.2) is 0 Å². The maximum atomic E-state index is 11.4. The Morgan fingerprint density at radius 3 is 2.92 bits per heavy atom. The van der Waals surface area contributed by atoms with E-state index in [1.165, 1.54) is 0 Å². The number of hydrogen-bond acceptors (Lipinski definition) is 3. The smallest absolute Gasteiger partial charge is 0.238 e. The molecule has 12 heavy (non-hydrogen) atoms. The minimum absolute atomic E-state index is 0.0196. The Morgan fingerprint density at radius 2 is 2.42 bits per heavy atom. The van der Waals surface area contributed by atoms with E-state index in [0.717, 1.165) is 18.1 Å². The van der Waals surface area contributed by atoms with Gasteiger partial charge < -0.3 is 10.6 Å². The Kier molecular flexibility index (Phi) is 3.88. The zero-order chi connectivity index (χ0) is 8.97. The molecule has 1 aliphatic rings. The zero-order valence-electron chi connectivity index (χ0n) is 7.59. The molecule has 1 aliphatic heterocycles. The van der Waals surface area contributed by atoms with Gasteiger partial charge in [-0.25, -0.2) is 0 Å². The molecule has 1 amide bonds. The summed E-state index contributed by atoms with van der Waals surface area (Å²) in [4.78, 5) is 11.4. The van der Waals surface area contributed by atoms with Gasteiger partial charge in [-0.3, -0.25) is 4.79 Å². The van der Waals surface area contributed by atoms with E-state index in [4.69, 9.17) is 0 Å². The van der Waals surface area contributed by atoms with E-state index in [1.54, 1.807) is 0 Å². The van der Waals surface area contributed by atoms with Crippen LogP contribution in [0.2, 0.25) is 0 Å². The molecule has 1 saturated heterocycles. The predicted octanol–water partition coefficient (Wildman–Crippen LogP) is 0.216. The SMILES string of the molecule is CC(C)NC(=O)C1CSCCN1. The van der Waals surface area contributed by atoms with E-state index in [9.17, 15) is 4.79 Å². The molecule has 1 fully saturated rings. The van der Waals surface area contributed by atoms with Crippen LogP contribution in [0.3, 0.4) is 0 Å². The van der Waals surface area contributed by atoms with Gasteiger partial charge in [0.25, 0.3) is 0 Å². The third-order valence-electron chi connectivity index (χ3n) is 1.67. The highest BCUT2D eigenvalue weighted by molar-refractivity contribution is 7.99. The highest BCUT2D eigenvalue weighted by Crippen LogP contribution is 2.07. The first kappa shape index (κ1) is 9.86. The molecular formula is C8H16N2OS. The van der Waals surface area contributed by atoms with Gasteiger partial charge in [0.1, 0.15) is 0 Å². The second-order valence-corrected chi connectivity index (χ2v) is 4.39. The monoisotopic (exact) mass is 188 g/mol. The largest absolute Gasteiger partial charge is 0.353 e. The first-order valence-corrected chi connectivity index (χ1v) is 5.47. The van der Waals surface area contributed by atoms with Crippen molar-refractivity contribution in [1.29, 1.82) is 0 Å². The Labute approximate surface area is 77.7 Å². The fraction of sp³-hybridized carbons (Fsp3) is 0.875. The summed E-state index contributed by atoms with van der Waals surface area (Å²) in [5.74, 6) is 2.15. The van der Waals surface area contributed by atoms with Crippen LogP contribution in [-0.2, 0) is 4.79 Å². The second kappa shape index (κ2) is 4.72. The lowest BCUT2D eigenvalue weighted by molar-refractivity contribution is -0.123. The number of amides is 1. The van der Waals surface area contributed by atoms with E-state index in [2.05, 4.69) is 10.6 Å². The van der Waals surface area contributed by atoms with Gasteiger partial charge in [-0.1, -0.05) is 0 Å². The standard InChI is InChI=1S/C8H16N2OS/c1-6(2)10-8(11)7-5-12-4-3-9-7/h6-7,9H,3-5H2,1-2H3,(H,10,11). The third kappa shape index (κ3) is 3.03. The van der Waals surface area contributed by atoms with E-state index >= 15 is 0 Å². The maximum Gasteiger partial charge on any atom is 0.238 e. The average Bonchev–Trinajstić information content (AvgIpc) is 2.05. The number of rotatable bonds is 2.